The molecule has 3 rings (SSSR count). The van der Waals surface area contributed by atoms with Gasteiger partial charge in [-0.05, 0) is 6.42 Å². The van der Waals surface area contributed by atoms with Crippen molar-refractivity contribution >= 4 is 34.1 Å². The molecule has 1 fully saturated rings. The van der Waals surface area contributed by atoms with Gasteiger partial charge >= 0.3 is 5.00 Å². The Kier molecular flexibility index (Phi) is 3.01. The number of nitro groups is 1. The van der Waals surface area contributed by atoms with Crippen molar-refractivity contribution in [3.8, 4) is 0 Å². The van der Waals surface area contributed by atoms with Crippen molar-refractivity contribution in [1.82, 2.24) is 9.80 Å². The zero-order valence-corrected chi connectivity index (χ0v) is 11.9. The van der Waals surface area contributed by atoms with Gasteiger partial charge in [0.05, 0.1) is 22.6 Å². The molecule has 0 bridgehead atoms. The van der Waals surface area contributed by atoms with Gasteiger partial charge < -0.3 is 4.90 Å². The summed E-state index contributed by atoms with van der Waals surface area (Å²) < 4.78 is 0. The van der Waals surface area contributed by atoms with E-state index < -0.39 is 16.9 Å². The maximum Gasteiger partial charge on any atom is 0.329 e. The topological polar surface area (TPSA) is 101 Å². The molecule has 0 aromatic carbocycles. The van der Waals surface area contributed by atoms with Gasteiger partial charge in [0.25, 0.3) is 11.8 Å². The van der Waals surface area contributed by atoms with Crippen LogP contribution in [0.15, 0.2) is 5.38 Å². The molecule has 110 valence electrons. The van der Waals surface area contributed by atoms with Crippen molar-refractivity contribution in [1.29, 1.82) is 0 Å². The summed E-state index contributed by atoms with van der Waals surface area (Å²) in [6.07, 6.45) is 0.445. The Morgan fingerprint density at radius 3 is 2.76 bits per heavy atom. The van der Waals surface area contributed by atoms with E-state index >= 15 is 0 Å². The van der Waals surface area contributed by atoms with Crippen molar-refractivity contribution in [2.24, 2.45) is 0 Å². The number of rotatable bonds is 2. The average Bonchev–Trinajstić information content (AvgIpc) is 2.98. The first-order valence-corrected chi connectivity index (χ1v) is 7.16. The number of piperidine rings is 1. The third-order valence-corrected chi connectivity index (χ3v) is 4.83. The highest BCUT2D eigenvalue weighted by Crippen LogP contribution is 2.38. The largest absolute Gasteiger partial charge is 0.329 e. The molecule has 21 heavy (non-hydrogen) atoms. The van der Waals surface area contributed by atoms with Crippen LogP contribution in [0.25, 0.3) is 0 Å². The van der Waals surface area contributed by atoms with E-state index in [-0.39, 0.29) is 36.2 Å². The van der Waals surface area contributed by atoms with Gasteiger partial charge in [-0.3, -0.25) is 29.4 Å². The Hall–Kier alpha value is -2.29. The number of likely N-dealkylation sites (tertiary alicyclic amines) is 1. The number of imide groups is 1. The minimum Gasteiger partial charge on any atom is -0.322 e. The number of thiophene rings is 1. The second-order valence-corrected chi connectivity index (χ2v) is 5.83. The predicted molar refractivity (Wildman–Crippen MR) is 71.6 cm³/mol. The number of fused-ring (bicyclic) bond motifs is 1. The van der Waals surface area contributed by atoms with Crippen molar-refractivity contribution in [2.45, 2.75) is 25.4 Å². The molecule has 0 aliphatic carbocycles. The molecule has 3 amide bonds. The van der Waals surface area contributed by atoms with E-state index in [9.17, 15) is 24.5 Å². The van der Waals surface area contributed by atoms with Crippen LogP contribution in [0.4, 0.5) is 5.00 Å². The van der Waals surface area contributed by atoms with Gasteiger partial charge in [0.15, 0.2) is 0 Å². The van der Waals surface area contributed by atoms with Gasteiger partial charge in [-0.2, -0.15) is 0 Å². The second kappa shape index (κ2) is 4.62. The molecule has 1 aromatic rings. The molecule has 0 saturated carbocycles. The standard InChI is InChI=1S/C12H11N3O5S/c1-13-9(16)3-2-8(11(13)18)14-4-6-7(10(14)17)5-21-12(6)15(19)20/h5,8H,2-4H2,1H3. The second-order valence-electron chi connectivity index (χ2n) is 4.97. The van der Waals surface area contributed by atoms with E-state index in [2.05, 4.69) is 0 Å². The van der Waals surface area contributed by atoms with Crippen LogP contribution in [0, 0.1) is 10.1 Å². The first-order valence-electron chi connectivity index (χ1n) is 6.28. The molecule has 1 saturated heterocycles. The summed E-state index contributed by atoms with van der Waals surface area (Å²) in [7, 11) is 1.38. The van der Waals surface area contributed by atoms with Crippen LogP contribution >= 0.6 is 11.3 Å². The molecule has 0 spiro atoms. The van der Waals surface area contributed by atoms with E-state index in [0.717, 1.165) is 16.2 Å². The summed E-state index contributed by atoms with van der Waals surface area (Å²) in [5, 5.41) is 12.3. The summed E-state index contributed by atoms with van der Waals surface area (Å²) in [6, 6.07) is -0.725. The zero-order chi connectivity index (χ0) is 15.3. The van der Waals surface area contributed by atoms with Crippen LogP contribution in [0.5, 0.6) is 0 Å². The minimum atomic E-state index is -0.725. The molecule has 2 aliphatic heterocycles. The molecule has 1 aromatic heterocycles. The lowest BCUT2D eigenvalue weighted by Gasteiger charge is -2.33. The molecular formula is C12H11N3O5S. The number of nitrogens with zero attached hydrogens (tertiary/aromatic N) is 3. The van der Waals surface area contributed by atoms with Crippen LogP contribution in [-0.4, -0.2) is 45.5 Å². The van der Waals surface area contributed by atoms with Gasteiger partial charge in [-0.25, -0.2) is 0 Å². The van der Waals surface area contributed by atoms with E-state index in [4.69, 9.17) is 0 Å². The third kappa shape index (κ3) is 1.92. The number of likely N-dealkylation sites (N-methyl/N-ethyl adjacent to an activating group) is 1. The SMILES string of the molecule is CN1C(=O)CCC(N2Cc3c(csc3[N+](=O)[O-])C2=O)C1=O. The Morgan fingerprint density at radius 2 is 2.10 bits per heavy atom. The minimum absolute atomic E-state index is 0.0480. The molecule has 1 unspecified atom stereocenters. The average molecular weight is 309 g/mol. The summed E-state index contributed by atoms with van der Waals surface area (Å²) in [4.78, 5) is 48.7. The number of amides is 3. The fourth-order valence-electron chi connectivity index (χ4n) is 2.69. The van der Waals surface area contributed by atoms with Crippen LogP contribution in [0.3, 0.4) is 0 Å². The fraction of sp³-hybridized carbons (Fsp3) is 0.417. The van der Waals surface area contributed by atoms with Crippen molar-refractivity contribution < 1.29 is 19.3 Å². The van der Waals surface area contributed by atoms with Crippen molar-refractivity contribution in [3.63, 3.8) is 0 Å². The Labute approximate surface area is 123 Å². The summed E-state index contributed by atoms with van der Waals surface area (Å²) in [5.41, 5.74) is 0.654. The summed E-state index contributed by atoms with van der Waals surface area (Å²) in [5.74, 6) is -1.09. The lowest BCUT2D eigenvalue weighted by molar-refractivity contribution is -0.380. The van der Waals surface area contributed by atoms with E-state index in [1.54, 1.807) is 0 Å². The van der Waals surface area contributed by atoms with Crippen LogP contribution in [0.1, 0.15) is 28.8 Å². The fourth-order valence-corrected chi connectivity index (χ4v) is 3.57. The highest BCUT2D eigenvalue weighted by Gasteiger charge is 2.44. The first kappa shape index (κ1) is 13.7. The van der Waals surface area contributed by atoms with Gasteiger partial charge in [0.2, 0.25) is 5.91 Å². The summed E-state index contributed by atoms with van der Waals surface area (Å²) in [6.45, 7) is 0.0480. The zero-order valence-electron chi connectivity index (χ0n) is 11.1. The van der Waals surface area contributed by atoms with Crippen molar-refractivity contribution in [2.75, 3.05) is 7.05 Å². The quantitative estimate of drug-likeness (QED) is 0.456. The van der Waals surface area contributed by atoms with Crippen LogP contribution < -0.4 is 0 Å². The smallest absolute Gasteiger partial charge is 0.322 e. The molecule has 2 aliphatic rings. The van der Waals surface area contributed by atoms with Crippen LogP contribution in [-0.2, 0) is 16.1 Å². The lowest BCUT2D eigenvalue weighted by Crippen LogP contribution is -2.53. The van der Waals surface area contributed by atoms with Gasteiger partial charge in [-0.15, -0.1) is 0 Å². The van der Waals surface area contributed by atoms with E-state index in [0.29, 0.717) is 11.1 Å². The van der Waals surface area contributed by atoms with Gasteiger partial charge in [0.1, 0.15) is 6.04 Å². The molecule has 3 heterocycles. The highest BCUT2D eigenvalue weighted by molar-refractivity contribution is 7.13. The first-order chi connectivity index (χ1) is 9.91. The monoisotopic (exact) mass is 309 g/mol. The molecule has 0 N–H and O–H groups in total. The van der Waals surface area contributed by atoms with Crippen molar-refractivity contribution in [3.05, 3.63) is 26.6 Å². The van der Waals surface area contributed by atoms with E-state index in [1.807, 2.05) is 0 Å². The number of carbonyl (C=O) groups excluding carboxylic acids is 3. The number of carbonyl (C=O) groups is 3. The summed E-state index contributed by atoms with van der Waals surface area (Å²) >= 11 is 0.918. The highest BCUT2D eigenvalue weighted by atomic mass is 32.1. The molecule has 9 heteroatoms. The number of hydrogen-bond donors (Lipinski definition) is 0. The molecular weight excluding hydrogens is 298 g/mol. The Morgan fingerprint density at radius 1 is 1.38 bits per heavy atom. The Balaban J connectivity index is 1.90. The van der Waals surface area contributed by atoms with Crippen LogP contribution in [0.2, 0.25) is 0 Å². The van der Waals surface area contributed by atoms with E-state index in [1.165, 1.54) is 17.3 Å². The van der Waals surface area contributed by atoms with Gasteiger partial charge in [0, 0.05) is 18.8 Å². The predicted octanol–water partition coefficient (Wildman–Crippen LogP) is 0.759. The Bertz CT molecular complexity index is 682. The molecule has 0 radical (unpaired) electrons. The number of hydrogen-bond acceptors (Lipinski definition) is 6. The maximum atomic E-state index is 12.3. The third-order valence-electron chi connectivity index (χ3n) is 3.85. The molecule has 8 nitrogen and oxygen atoms in total. The lowest BCUT2D eigenvalue weighted by atomic mass is 10.0. The normalized spacial score (nSPS) is 22.0. The van der Waals surface area contributed by atoms with Gasteiger partial charge in [-0.1, -0.05) is 11.3 Å². The maximum absolute atomic E-state index is 12.3. The molecule has 1 atom stereocenters.